The van der Waals surface area contributed by atoms with Gasteiger partial charge in [-0.1, -0.05) is 28.9 Å². The Hall–Kier alpha value is -3.67. The highest BCUT2D eigenvalue weighted by molar-refractivity contribution is 5.89. The van der Waals surface area contributed by atoms with E-state index in [1.807, 2.05) is 12.1 Å². The molecular weight excluding hydrogens is 430 g/mol. The Morgan fingerprint density at radius 1 is 1.03 bits per heavy atom. The average Bonchev–Trinajstić information content (AvgIpc) is 3.52. The van der Waals surface area contributed by atoms with Crippen LogP contribution in [0.3, 0.4) is 0 Å². The zero-order chi connectivity index (χ0) is 23.6. The number of nitrogens with one attached hydrogen (secondary N) is 2. The molecule has 0 saturated heterocycles. The molecule has 2 N–H and O–H groups in total. The molecule has 0 aliphatic carbocycles. The van der Waals surface area contributed by atoms with Crippen LogP contribution in [-0.4, -0.2) is 41.7 Å². The lowest BCUT2D eigenvalue weighted by Gasteiger charge is -2.10. The third kappa shape index (κ3) is 6.44. The lowest BCUT2D eigenvalue weighted by molar-refractivity contribution is 0.0979. The van der Waals surface area contributed by atoms with Crippen LogP contribution in [0, 0.1) is 18.3 Å². The predicted molar refractivity (Wildman–Crippen MR) is 129 cm³/mol. The lowest BCUT2D eigenvalue weighted by Crippen LogP contribution is -2.16. The summed E-state index contributed by atoms with van der Waals surface area (Å²) in [6.45, 7) is 5.49. The molecule has 4 rings (SSSR count). The summed E-state index contributed by atoms with van der Waals surface area (Å²) in [5, 5.41) is 24.2. The van der Waals surface area contributed by atoms with Crippen molar-refractivity contribution in [2.45, 2.75) is 32.7 Å². The number of nitrogens with zero attached hydrogens (tertiary/aromatic N) is 3. The maximum atomic E-state index is 8.90. The first-order chi connectivity index (χ1) is 16.7. The smallest absolute Gasteiger partial charge is 0.131 e. The number of hydrogen-bond acceptors (Lipinski definition) is 7. The van der Waals surface area contributed by atoms with Crippen LogP contribution in [0.25, 0.3) is 22.0 Å². The third-order valence-corrected chi connectivity index (χ3v) is 5.47. The molecule has 2 aromatic carbocycles. The van der Waals surface area contributed by atoms with E-state index in [2.05, 4.69) is 51.9 Å². The van der Waals surface area contributed by atoms with E-state index in [9.17, 15) is 0 Å². The van der Waals surface area contributed by atoms with E-state index in [4.69, 9.17) is 19.3 Å². The summed E-state index contributed by atoms with van der Waals surface area (Å²) in [6, 6.07) is 12.5. The number of aryl methyl sites for hydroxylation is 1. The molecule has 0 aliphatic heterocycles. The number of hydrogen-bond donors (Lipinski definition) is 2. The normalized spacial score (nSPS) is 11.1. The number of ether oxygens (including phenoxy) is 2. The quantitative estimate of drug-likeness (QED) is 0.282. The minimum atomic E-state index is 0.454. The maximum absolute atomic E-state index is 8.90. The minimum absolute atomic E-state index is 0.454. The molecule has 8 nitrogen and oxygen atoms in total. The molecule has 0 saturated carbocycles. The van der Waals surface area contributed by atoms with Gasteiger partial charge >= 0.3 is 0 Å². The number of benzene rings is 2. The molecule has 0 aliphatic rings. The van der Waals surface area contributed by atoms with E-state index in [-0.39, 0.29) is 0 Å². The first kappa shape index (κ1) is 23.5. The van der Waals surface area contributed by atoms with Gasteiger partial charge < -0.3 is 19.3 Å². The molecule has 0 fully saturated rings. The van der Waals surface area contributed by atoms with Gasteiger partial charge in [-0.15, -0.1) is 0 Å². The molecule has 0 unspecified atom stereocenters. The Kier molecular flexibility index (Phi) is 8.27. The molecule has 0 radical (unpaired) electrons. The Balaban J connectivity index is 1.12. The van der Waals surface area contributed by atoms with Crippen molar-refractivity contribution in [3.05, 3.63) is 65.7 Å². The number of aromatic nitrogens is 3. The largest absolute Gasteiger partial charge is 0.490 e. The van der Waals surface area contributed by atoms with Crippen LogP contribution in [0.1, 0.15) is 29.5 Å². The summed E-state index contributed by atoms with van der Waals surface area (Å²) < 4.78 is 16.7. The number of nitriles is 1. The second kappa shape index (κ2) is 12.0. The molecular formula is C26H29N5O3. The van der Waals surface area contributed by atoms with Crippen molar-refractivity contribution < 1.29 is 14.0 Å². The van der Waals surface area contributed by atoms with Gasteiger partial charge in [-0.3, -0.25) is 5.10 Å². The molecule has 2 aromatic heterocycles. The fraction of sp³-hybridized carbons (Fsp3) is 0.346. The van der Waals surface area contributed by atoms with Crippen LogP contribution in [0.2, 0.25) is 0 Å². The van der Waals surface area contributed by atoms with Crippen LogP contribution in [0.4, 0.5) is 0 Å². The Morgan fingerprint density at radius 3 is 2.79 bits per heavy atom. The molecule has 34 heavy (non-hydrogen) atoms. The average molecular weight is 460 g/mol. The van der Waals surface area contributed by atoms with Gasteiger partial charge in [0.2, 0.25) is 0 Å². The summed E-state index contributed by atoms with van der Waals surface area (Å²) in [6.07, 6.45) is 7.51. The van der Waals surface area contributed by atoms with Gasteiger partial charge in [0.15, 0.2) is 0 Å². The zero-order valence-electron chi connectivity index (χ0n) is 19.3. The van der Waals surface area contributed by atoms with Gasteiger partial charge in [0.1, 0.15) is 18.6 Å². The Bertz CT molecular complexity index is 1230. The van der Waals surface area contributed by atoms with Gasteiger partial charge in [0.25, 0.3) is 0 Å². The van der Waals surface area contributed by atoms with E-state index in [1.165, 1.54) is 11.1 Å². The van der Waals surface area contributed by atoms with E-state index in [0.717, 1.165) is 59.3 Å². The van der Waals surface area contributed by atoms with Gasteiger partial charge in [0.05, 0.1) is 42.4 Å². The summed E-state index contributed by atoms with van der Waals surface area (Å²) >= 11 is 0. The molecule has 8 heteroatoms. The minimum Gasteiger partial charge on any atom is -0.490 e. The van der Waals surface area contributed by atoms with Crippen molar-refractivity contribution in [2.75, 3.05) is 26.4 Å². The first-order valence-corrected chi connectivity index (χ1v) is 11.5. The van der Waals surface area contributed by atoms with Crippen molar-refractivity contribution in [1.29, 1.82) is 5.26 Å². The van der Waals surface area contributed by atoms with Crippen LogP contribution >= 0.6 is 0 Å². The van der Waals surface area contributed by atoms with Crippen molar-refractivity contribution in [2.24, 2.45) is 0 Å². The van der Waals surface area contributed by atoms with Crippen molar-refractivity contribution in [3.8, 4) is 22.9 Å². The summed E-state index contributed by atoms with van der Waals surface area (Å²) in [5.41, 5.74) is 6.23. The molecule has 2 heterocycles. The molecule has 4 aromatic rings. The Labute approximate surface area is 198 Å². The fourth-order valence-corrected chi connectivity index (χ4v) is 3.90. The number of unbranched alkanes of at least 4 members (excludes halogenated alkanes) is 1. The monoisotopic (exact) mass is 459 g/mol. The predicted octanol–water partition coefficient (Wildman–Crippen LogP) is 4.56. The van der Waals surface area contributed by atoms with Crippen molar-refractivity contribution in [1.82, 2.24) is 20.7 Å². The number of rotatable bonds is 13. The van der Waals surface area contributed by atoms with Crippen LogP contribution < -0.4 is 10.1 Å². The van der Waals surface area contributed by atoms with Crippen LogP contribution in [0.15, 0.2) is 53.5 Å². The highest BCUT2D eigenvalue weighted by atomic mass is 16.5. The summed E-state index contributed by atoms with van der Waals surface area (Å²) in [5.74, 6) is 0.754. The van der Waals surface area contributed by atoms with Gasteiger partial charge in [-0.25, -0.2) is 0 Å². The summed E-state index contributed by atoms with van der Waals surface area (Å²) in [4.78, 5) is 0. The second-order valence-electron chi connectivity index (χ2n) is 8.23. The molecule has 0 spiro atoms. The summed E-state index contributed by atoms with van der Waals surface area (Å²) in [7, 11) is 0. The topological polar surface area (TPSA) is 109 Å². The maximum Gasteiger partial charge on any atom is 0.131 e. The van der Waals surface area contributed by atoms with E-state index < -0.39 is 0 Å². The second-order valence-corrected chi connectivity index (χ2v) is 8.23. The number of H-pyrrole nitrogens is 1. The molecule has 0 amide bonds. The van der Waals surface area contributed by atoms with Gasteiger partial charge in [0, 0.05) is 18.7 Å². The van der Waals surface area contributed by atoms with E-state index >= 15 is 0 Å². The molecule has 176 valence electrons. The van der Waals surface area contributed by atoms with Gasteiger partial charge in [-0.05, 0) is 55.1 Å². The highest BCUT2D eigenvalue weighted by Crippen LogP contribution is 2.31. The van der Waals surface area contributed by atoms with Crippen LogP contribution in [-0.2, 0) is 17.7 Å². The van der Waals surface area contributed by atoms with Crippen molar-refractivity contribution >= 4 is 10.9 Å². The number of fused-ring (bicyclic) bond motifs is 1. The standard InChI is InChI=1S/C26H29N5O3/c1-19-10-20(4-5-27)12-21(11-19)15-28-6-2-3-7-32-8-9-33-26-14-22(23-16-30-34-18-23)13-25-24(26)17-29-31-25/h10-14,16-18,28H,2-4,6-9,15H2,1H3,(H,29,31). The van der Waals surface area contributed by atoms with Crippen LogP contribution in [0.5, 0.6) is 5.75 Å². The fourth-order valence-electron chi connectivity index (χ4n) is 3.90. The Morgan fingerprint density at radius 2 is 1.94 bits per heavy atom. The zero-order valence-corrected chi connectivity index (χ0v) is 19.3. The van der Waals surface area contributed by atoms with Crippen molar-refractivity contribution in [3.63, 3.8) is 0 Å². The van der Waals surface area contributed by atoms with Gasteiger partial charge in [-0.2, -0.15) is 10.4 Å². The SMILES string of the molecule is Cc1cc(CC#N)cc(CNCCCCOCCOc2cc(-c3cnoc3)cc3[nH]ncc23)c1. The molecule has 0 bridgehead atoms. The van der Waals surface area contributed by atoms with E-state index in [0.29, 0.717) is 26.2 Å². The lowest BCUT2D eigenvalue weighted by atomic mass is 10.0. The van der Waals surface area contributed by atoms with E-state index in [1.54, 1.807) is 18.7 Å². The first-order valence-electron chi connectivity index (χ1n) is 11.5. The number of aromatic amines is 1. The third-order valence-electron chi connectivity index (χ3n) is 5.47. The molecule has 0 atom stereocenters. The highest BCUT2D eigenvalue weighted by Gasteiger charge is 2.10.